The van der Waals surface area contributed by atoms with Gasteiger partial charge in [0.15, 0.2) is 25.2 Å². The van der Waals surface area contributed by atoms with Crippen LogP contribution in [0, 0.1) is 0 Å². The minimum Gasteiger partial charge on any atom is -0.394 e. The zero-order chi connectivity index (χ0) is 33.3. The second-order valence-electron chi connectivity index (χ2n) is 11.1. The molecule has 21 heteroatoms. The van der Waals surface area contributed by atoms with Crippen LogP contribution >= 0.6 is 0 Å². The third-order valence-corrected chi connectivity index (χ3v) is 8.21. The van der Waals surface area contributed by atoms with E-state index >= 15 is 0 Å². The Morgan fingerprint density at radius 1 is 0.333 bits per heavy atom. The Bertz CT molecular complexity index is 916. The van der Waals surface area contributed by atoms with Crippen molar-refractivity contribution >= 4 is 0 Å². The third kappa shape index (κ3) is 7.44. The van der Waals surface area contributed by atoms with Gasteiger partial charge in [0.1, 0.15) is 97.7 Å². The summed E-state index contributed by atoms with van der Waals surface area (Å²) in [6, 6.07) is 0. The van der Waals surface area contributed by atoms with Gasteiger partial charge >= 0.3 is 0 Å². The summed E-state index contributed by atoms with van der Waals surface area (Å²) in [5.41, 5.74) is 0. The molecule has 0 amide bonds. The Morgan fingerprint density at radius 2 is 0.644 bits per heavy atom. The van der Waals surface area contributed by atoms with E-state index in [0.717, 1.165) is 0 Å². The zero-order valence-electron chi connectivity index (χ0n) is 23.5. The van der Waals surface area contributed by atoms with Crippen molar-refractivity contribution in [2.45, 2.75) is 123 Å². The molecule has 8 unspecified atom stereocenters. The van der Waals surface area contributed by atoms with Crippen molar-refractivity contribution < 1.29 is 105 Å². The summed E-state index contributed by atoms with van der Waals surface area (Å²) < 4.78 is 38.3. The molecule has 264 valence electrons. The van der Waals surface area contributed by atoms with Crippen molar-refractivity contribution in [3.05, 3.63) is 0 Å². The largest absolute Gasteiger partial charge is 0.394 e. The quantitative estimate of drug-likeness (QED) is 0.103. The highest BCUT2D eigenvalue weighted by Gasteiger charge is 2.55. The Kier molecular flexibility index (Phi) is 12.8. The molecule has 4 aliphatic heterocycles. The number of hydrogen-bond donors (Lipinski definition) is 14. The Labute approximate surface area is 254 Å². The van der Waals surface area contributed by atoms with Crippen LogP contribution in [0.25, 0.3) is 0 Å². The fourth-order valence-electron chi connectivity index (χ4n) is 5.48. The molecule has 14 N–H and O–H groups in total. The lowest BCUT2D eigenvalue weighted by Gasteiger charge is -2.49. The molecule has 0 aliphatic carbocycles. The Hall–Kier alpha value is -0.840. The summed E-state index contributed by atoms with van der Waals surface area (Å²) in [5, 5.41) is 143. The number of ether oxygens (including phenoxy) is 7. The van der Waals surface area contributed by atoms with Crippen molar-refractivity contribution in [1.29, 1.82) is 0 Å². The van der Waals surface area contributed by atoms with Gasteiger partial charge in [-0.2, -0.15) is 0 Å². The van der Waals surface area contributed by atoms with Gasteiger partial charge in [-0.15, -0.1) is 0 Å². The van der Waals surface area contributed by atoms with Crippen LogP contribution in [0.15, 0.2) is 0 Å². The molecule has 0 aromatic heterocycles. The molecular formula is C24H42O21. The van der Waals surface area contributed by atoms with Crippen molar-refractivity contribution in [1.82, 2.24) is 0 Å². The van der Waals surface area contributed by atoms with E-state index in [1.807, 2.05) is 0 Å². The molecule has 4 aliphatic rings. The molecular weight excluding hydrogens is 624 g/mol. The molecule has 0 radical (unpaired) electrons. The van der Waals surface area contributed by atoms with Crippen LogP contribution in [0.3, 0.4) is 0 Å². The summed E-state index contributed by atoms with van der Waals surface area (Å²) in [6.45, 7) is -3.41. The normalized spacial score (nSPS) is 52.9. The first kappa shape index (κ1) is 37.0. The van der Waals surface area contributed by atoms with E-state index in [1.165, 1.54) is 0 Å². The van der Waals surface area contributed by atoms with Gasteiger partial charge < -0.3 is 105 Å². The summed E-state index contributed by atoms with van der Waals surface area (Å²) in [4.78, 5) is 0. The molecule has 4 fully saturated rings. The molecule has 0 bridgehead atoms. The first-order valence-corrected chi connectivity index (χ1v) is 14.1. The Balaban J connectivity index is 1.61. The van der Waals surface area contributed by atoms with E-state index in [0.29, 0.717) is 0 Å². The third-order valence-electron chi connectivity index (χ3n) is 8.21. The number of aliphatic hydroxyl groups excluding tert-OH is 14. The lowest BCUT2D eigenvalue weighted by atomic mass is 9.96. The highest BCUT2D eigenvalue weighted by molar-refractivity contribution is 4.97. The van der Waals surface area contributed by atoms with Gasteiger partial charge in [0, 0.05) is 0 Å². The maximum Gasteiger partial charge on any atom is 0.187 e. The Morgan fingerprint density at radius 3 is 1.07 bits per heavy atom. The SMILES string of the molecule is OCC1O[C@H](O[C@H]2C(O)[C@H](O)C(CO)O[C@@H]2O[C@H]2C(O)[C@H](O)C(CO)O[C@@H]2O[C@H]2C(O)[C@H](O)C(CO)O[C@H]2O)[C@@H](O)C(O)[C@@H]1O. The van der Waals surface area contributed by atoms with E-state index in [-0.39, 0.29) is 0 Å². The van der Waals surface area contributed by atoms with E-state index in [4.69, 9.17) is 33.2 Å². The van der Waals surface area contributed by atoms with Crippen LogP contribution in [-0.2, 0) is 33.2 Å². The minimum absolute atomic E-state index is 0.791. The van der Waals surface area contributed by atoms with Gasteiger partial charge in [-0.3, -0.25) is 0 Å². The van der Waals surface area contributed by atoms with Gasteiger partial charge in [-0.05, 0) is 0 Å². The van der Waals surface area contributed by atoms with Crippen LogP contribution in [0.2, 0.25) is 0 Å². The van der Waals surface area contributed by atoms with Crippen LogP contribution in [0.1, 0.15) is 0 Å². The summed E-state index contributed by atoms with van der Waals surface area (Å²) in [7, 11) is 0. The maximum atomic E-state index is 11.0. The second-order valence-corrected chi connectivity index (χ2v) is 11.1. The smallest absolute Gasteiger partial charge is 0.187 e. The fraction of sp³-hybridized carbons (Fsp3) is 1.00. The van der Waals surface area contributed by atoms with Gasteiger partial charge in [0.25, 0.3) is 0 Å². The predicted molar refractivity (Wildman–Crippen MR) is 134 cm³/mol. The monoisotopic (exact) mass is 666 g/mol. The van der Waals surface area contributed by atoms with E-state index in [1.54, 1.807) is 0 Å². The van der Waals surface area contributed by atoms with Crippen molar-refractivity contribution in [3.63, 3.8) is 0 Å². The molecule has 45 heavy (non-hydrogen) atoms. The molecule has 0 spiro atoms. The van der Waals surface area contributed by atoms with Crippen molar-refractivity contribution in [3.8, 4) is 0 Å². The standard InChI is InChI=1S/C24H42O21/c25-1-5-10(30)14(34)18(21(38)39-5)43-23-20(16(36)12(32)7(3-27)41-23)45-24-19(15(35)11(31)8(4-28)42-24)44-22-17(37)13(33)9(29)6(2-26)40-22/h5-38H,1-4H2/t5?,6?,7?,8?,9-,10-,11-,12-,13?,14?,15?,16?,17+,18+,19+,20+,21-,22-,23-,24-/m1/s1. The summed E-state index contributed by atoms with van der Waals surface area (Å²) >= 11 is 0. The predicted octanol–water partition coefficient (Wildman–Crippen LogP) is -9.75. The molecule has 21 nitrogen and oxygen atoms in total. The first-order chi connectivity index (χ1) is 21.3. The number of hydrogen-bond acceptors (Lipinski definition) is 21. The summed E-state index contributed by atoms with van der Waals surface area (Å²) in [5.74, 6) is 0. The summed E-state index contributed by atoms with van der Waals surface area (Å²) in [6.07, 6.45) is -36.6. The van der Waals surface area contributed by atoms with E-state index in [2.05, 4.69) is 0 Å². The topological polar surface area (TPSA) is 348 Å². The van der Waals surface area contributed by atoms with E-state index in [9.17, 15) is 71.5 Å². The van der Waals surface area contributed by atoms with Crippen LogP contribution in [0.5, 0.6) is 0 Å². The fourth-order valence-corrected chi connectivity index (χ4v) is 5.48. The molecule has 0 aromatic rings. The van der Waals surface area contributed by atoms with Gasteiger partial charge in [0.05, 0.1) is 26.4 Å². The van der Waals surface area contributed by atoms with Crippen LogP contribution in [0.4, 0.5) is 0 Å². The minimum atomic E-state index is -2.03. The molecule has 4 heterocycles. The molecule has 20 atom stereocenters. The molecule has 4 saturated heterocycles. The van der Waals surface area contributed by atoms with Gasteiger partial charge in [-0.25, -0.2) is 0 Å². The zero-order valence-corrected chi connectivity index (χ0v) is 23.5. The highest BCUT2D eigenvalue weighted by atomic mass is 16.8. The average Bonchev–Trinajstić information content (AvgIpc) is 3.03. The lowest BCUT2D eigenvalue weighted by molar-refractivity contribution is -0.405. The van der Waals surface area contributed by atoms with Gasteiger partial charge in [0.2, 0.25) is 0 Å². The molecule has 0 saturated carbocycles. The van der Waals surface area contributed by atoms with E-state index < -0.39 is 149 Å². The molecule has 4 rings (SSSR count). The average molecular weight is 667 g/mol. The van der Waals surface area contributed by atoms with Crippen LogP contribution in [-0.4, -0.2) is 221 Å². The highest BCUT2D eigenvalue weighted by Crippen LogP contribution is 2.34. The maximum absolute atomic E-state index is 11.0. The van der Waals surface area contributed by atoms with Crippen molar-refractivity contribution in [2.24, 2.45) is 0 Å². The number of aliphatic hydroxyl groups is 14. The van der Waals surface area contributed by atoms with Gasteiger partial charge in [-0.1, -0.05) is 0 Å². The first-order valence-electron chi connectivity index (χ1n) is 14.1. The molecule has 0 aromatic carbocycles. The number of rotatable bonds is 10. The van der Waals surface area contributed by atoms with Crippen LogP contribution < -0.4 is 0 Å². The lowest BCUT2D eigenvalue weighted by Crippen LogP contribution is -2.68. The second kappa shape index (κ2) is 15.6. The van der Waals surface area contributed by atoms with Crippen molar-refractivity contribution in [2.75, 3.05) is 26.4 Å².